The molecule has 0 saturated heterocycles. The summed E-state index contributed by atoms with van der Waals surface area (Å²) in [6.45, 7) is 0. The quantitative estimate of drug-likeness (QED) is 0.509. The molecule has 0 atom stereocenters. The Hall–Kier alpha value is -1.59. The van der Waals surface area contributed by atoms with E-state index in [-0.39, 0.29) is 22.1 Å². The fourth-order valence-corrected chi connectivity index (χ4v) is 5.75. The molecular formula is C12H6ClN6O2S2Ti. The molecule has 3 aromatic heterocycles. The van der Waals surface area contributed by atoms with Gasteiger partial charge < -0.3 is 0 Å². The molecule has 8 nitrogen and oxygen atoms in total. The first-order chi connectivity index (χ1) is 11.5. The summed E-state index contributed by atoms with van der Waals surface area (Å²) in [6.07, 6.45) is 1.21. The molecule has 4 rings (SSSR count). The van der Waals surface area contributed by atoms with Crippen LogP contribution in [0.4, 0.5) is 5.82 Å². The van der Waals surface area contributed by atoms with Gasteiger partial charge in [-0.1, -0.05) is 0 Å². The van der Waals surface area contributed by atoms with Gasteiger partial charge in [-0.05, 0) is 0 Å². The van der Waals surface area contributed by atoms with Crippen molar-refractivity contribution < 1.29 is 24.7 Å². The topological polar surface area (TPSA) is 117 Å². The van der Waals surface area contributed by atoms with Gasteiger partial charge in [-0.25, -0.2) is 0 Å². The number of thiazole rings is 1. The normalized spacial score (nSPS) is 11.4. The van der Waals surface area contributed by atoms with Crippen LogP contribution in [0.2, 0.25) is 5.02 Å². The number of anilines is 1. The second-order valence-electron chi connectivity index (χ2n) is 4.60. The summed E-state index contributed by atoms with van der Waals surface area (Å²) in [5.74, 6) is 0.132. The molecule has 4 aromatic rings. The van der Waals surface area contributed by atoms with Crippen molar-refractivity contribution in [3.8, 4) is 0 Å². The molecule has 0 saturated carbocycles. The van der Waals surface area contributed by atoms with Gasteiger partial charge in [0.05, 0.1) is 0 Å². The van der Waals surface area contributed by atoms with E-state index in [1.165, 1.54) is 17.7 Å². The van der Waals surface area contributed by atoms with E-state index < -0.39 is 18.1 Å². The molecule has 3 heterocycles. The van der Waals surface area contributed by atoms with Gasteiger partial charge in [-0.15, -0.1) is 0 Å². The van der Waals surface area contributed by atoms with E-state index >= 15 is 0 Å². The average molecular weight is 414 g/mol. The van der Waals surface area contributed by atoms with E-state index in [2.05, 4.69) is 19.9 Å². The van der Waals surface area contributed by atoms with Gasteiger partial charge in [0.2, 0.25) is 0 Å². The Morgan fingerprint density at radius 2 is 2.08 bits per heavy atom. The second kappa shape index (κ2) is 6.05. The summed E-state index contributed by atoms with van der Waals surface area (Å²) < 4.78 is 26.0. The number of fused-ring (bicyclic) bond motifs is 2. The zero-order chi connectivity index (χ0) is 16.8. The standard InChI is InChI=1S/C12H6ClN6S2.2O.Ti/c13-5-2-1-3-6-8(5)20-12(17-6)21-11-18-7-9(14)15-4-16-10(7)19-11;;;/h1-4H,(H2-,14,15,16,18,19);;;/q-1;;;+1. The third-order valence-corrected chi connectivity index (χ3v) is 7.18. The zero-order valence-electron chi connectivity index (χ0n) is 11.6. The maximum absolute atomic E-state index is 11.7. The number of halogens is 1. The fourth-order valence-electron chi connectivity index (χ4n) is 2.14. The molecule has 0 unspecified atom stereocenters. The molecule has 2 N–H and O–H groups in total. The van der Waals surface area contributed by atoms with E-state index in [9.17, 15) is 6.65 Å². The van der Waals surface area contributed by atoms with E-state index in [0.717, 1.165) is 25.0 Å². The summed E-state index contributed by atoms with van der Waals surface area (Å²) >= 11 is 4.63. The van der Waals surface area contributed by atoms with E-state index in [1.54, 1.807) is 6.07 Å². The van der Waals surface area contributed by atoms with Crippen molar-refractivity contribution in [1.82, 2.24) is 23.0 Å². The molecule has 119 valence electrons. The molecule has 0 amide bonds. The van der Waals surface area contributed by atoms with Crippen molar-refractivity contribution >= 4 is 61.9 Å². The minimum absolute atomic E-state index is 0.132. The molecule has 0 aliphatic rings. The van der Waals surface area contributed by atoms with Crippen LogP contribution in [-0.4, -0.2) is 23.0 Å². The molecular weight excluding hydrogens is 408 g/mol. The van der Waals surface area contributed by atoms with Crippen molar-refractivity contribution in [2.75, 3.05) is 5.73 Å². The summed E-state index contributed by atoms with van der Waals surface area (Å²) in [5.41, 5.74) is 6.95. The molecule has 0 spiro atoms. The van der Waals surface area contributed by atoms with Crippen LogP contribution in [0.15, 0.2) is 34.0 Å². The first-order valence-corrected chi connectivity index (χ1v) is 10.5. The monoisotopic (exact) mass is 413 g/mol. The van der Waals surface area contributed by atoms with Gasteiger partial charge in [0.25, 0.3) is 0 Å². The summed E-state index contributed by atoms with van der Waals surface area (Å²) in [4.78, 5) is 16.5. The van der Waals surface area contributed by atoms with Gasteiger partial charge in [0, 0.05) is 0 Å². The Bertz CT molecular complexity index is 1160. The predicted octanol–water partition coefficient (Wildman–Crippen LogP) is 2.90. The number of aromatic nitrogens is 5. The average Bonchev–Trinajstić information content (AvgIpc) is 3.10. The number of hydrogen-bond donors (Lipinski definition) is 1. The number of benzene rings is 1. The zero-order valence-corrected chi connectivity index (χ0v) is 15.6. The Morgan fingerprint density at radius 3 is 2.83 bits per heavy atom. The molecule has 0 fully saturated rings. The van der Waals surface area contributed by atoms with Crippen LogP contribution in [-0.2, 0) is 24.7 Å². The van der Waals surface area contributed by atoms with E-state index in [4.69, 9.17) is 17.3 Å². The third kappa shape index (κ3) is 2.60. The Balaban J connectivity index is 1.88. The molecule has 0 aliphatic carbocycles. The number of hydrogen-bond acceptors (Lipinski definition) is 9. The van der Waals surface area contributed by atoms with Crippen LogP contribution in [0.3, 0.4) is 0 Å². The van der Waals surface area contributed by atoms with Crippen LogP contribution in [0.1, 0.15) is 0 Å². The van der Waals surface area contributed by atoms with Gasteiger partial charge >= 0.3 is 154 Å². The predicted molar refractivity (Wildman–Crippen MR) is 85.3 cm³/mol. The van der Waals surface area contributed by atoms with Crippen molar-refractivity contribution in [2.24, 2.45) is 0 Å². The molecule has 1 aromatic carbocycles. The third-order valence-electron chi connectivity index (χ3n) is 3.15. The SMILES string of the molecule is Nc1ncnc2c1nc(Sc1nc3cccc(Cl)c3s1)[n]2[Ti](=[O])=[O]. The van der Waals surface area contributed by atoms with Crippen LogP contribution in [0.5, 0.6) is 0 Å². The van der Waals surface area contributed by atoms with Crippen molar-refractivity contribution in [2.45, 2.75) is 9.50 Å². The number of nitrogen functional groups attached to an aromatic ring is 1. The van der Waals surface area contributed by atoms with Crippen LogP contribution in [0.25, 0.3) is 21.4 Å². The summed E-state index contributed by atoms with van der Waals surface area (Å²) in [7, 11) is 0. The van der Waals surface area contributed by atoms with Crippen molar-refractivity contribution in [3.63, 3.8) is 0 Å². The minimum atomic E-state index is -4.02. The molecule has 24 heavy (non-hydrogen) atoms. The van der Waals surface area contributed by atoms with Crippen LogP contribution >= 0.6 is 34.7 Å². The van der Waals surface area contributed by atoms with E-state index in [0.29, 0.717) is 9.36 Å². The molecule has 0 radical (unpaired) electrons. The molecule has 0 bridgehead atoms. The van der Waals surface area contributed by atoms with Crippen LogP contribution in [0, 0.1) is 0 Å². The van der Waals surface area contributed by atoms with Crippen LogP contribution < -0.4 is 5.73 Å². The molecule has 12 heteroatoms. The van der Waals surface area contributed by atoms with E-state index in [1.807, 2.05) is 12.1 Å². The fraction of sp³-hybridized carbons (Fsp3) is 0. The molecule has 0 aliphatic heterocycles. The van der Waals surface area contributed by atoms with Gasteiger partial charge in [0.1, 0.15) is 0 Å². The van der Waals surface area contributed by atoms with Crippen molar-refractivity contribution in [1.29, 1.82) is 0 Å². The van der Waals surface area contributed by atoms with Gasteiger partial charge in [-0.3, -0.25) is 0 Å². The number of nitrogens with two attached hydrogens (primary N) is 1. The number of imidazole rings is 1. The van der Waals surface area contributed by atoms with Gasteiger partial charge in [-0.2, -0.15) is 0 Å². The number of nitrogens with zero attached hydrogens (tertiary/aromatic N) is 5. The summed E-state index contributed by atoms with van der Waals surface area (Å²) in [5, 5.41) is 0.842. The first-order valence-electron chi connectivity index (χ1n) is 6.48. The Labute approximate surface area is 153 Å². The Morgan fingerprint density at radius 1 is 1.25 bits per heavy atom. The second-order valence-corrected chi connectivity index (χ2v) is 8.75. The number of rotatable bonds is 3. The maximum atomic E-state index is 11.7. The first kappa shape index (κ1) is 15.9. The Kier molecular flexibility index (Phi) is 4.01. The van der Waals surface area contributed by atoms with Crippen molar-refractivity contribution in [3.05, 3.63) is 29.5 Å². The summed E-state index contributed by atoms with van der Waals surface area (Å²) in [6, 6.07) is 5.43. The van der Waals surface area contributed by atoms with Gasteiger partial charge in [0.15, 0.2) is 0 Å².